The van der Waals surface area contributed by atoms with Crippen LogP contribution in [0.3, 0.4) is 0 Å². The minimum Gasteiger partial charge on any atom is -0.383 e. The van der Waals surface area contributed by atoms with Gasteiger partial charge in [-0.1, -0.05) is 12.1 Å². The van der Waals surface area contributed by atoms with Gasteiger partial charge in [0.1, 0.15) is 5.82 Å². The molecule has 3 nitrogen and oxygen atoms in total. The number of halogens is 3. The Hall–Kier alpha value is -2.63. The highest BCUT2D eigenvalue weighted by Gasteiger charge is 2.15. The quantitative estimate of drug-likeness (QED) is 0.696. The van der Waals surface area contributed by atoms with Crippen molar-refractivity contribution in [1.82, 2.24) is 9.97 Å². The minimum absolute atomic E-state index is 0.0292. The maximum absolute atomic E-state index is 13.3. The van der Waals surface area contributed by atoms with Gasteiger partial charge in [0.2, 0.25) is 0 Å². The van der Waals surface area contributed by atoms with Crippen molar-refractivity contribution < 1.29 is 13.2 Å². The second-order valence-electron chi connectivity index (χ2n) is 4.66. The number of nitrogens with zero attached hydrogens (tertiary/aromatic N) is 2. The number of anilines is 1. The number of fused-ring (bicyclic) bond motifs is 1. The molecule has 0 bridgehead atoms. The van der Waals surface area contributed by atoms with Crippen LogP contribution < -0.4 is 5.73 Å². The van der Waals surface area contributed by atoms with Crippen molar-refractivity contribution in [3.8, 4) is 11.4 Å². The summed E-state index contributed by atoms with van der Waals surface area (Å²) in [7, 11) is 0. The van der Waals surface area contributed by atoms with Gasteiger partial charge >= 0.3 is 0 Å². The van der Waals surface area contributed by atoms with Gasteiger partial charge in [0.15, 0.2) is 23.3 Å². The number of aromatic nitrogens is 2. The van der Waals surface area contributed by atoms with Crippen LogP contribution in [0.4, 0.5) is 19.0 Å². The minimum atomic E-state index is -1.52. The lowest BCUT2D eigenvalue weighted by Crippen LogP contribution is -2.00. The van der Waals surface area contributed by atoms with E-state index in [1.54, 1.807) is 12.1 Å². The van der Waals surface area contributed by atoms with Crippen LogP contribution in [0, 0.1) is 24.4 Å². The van der Waals surface area contributed by atoms with Crippen LogP contribution in [0.2, 0.25) is 0 Å². The molecule has 3 rings (SSSR count). The number of aryl methyl sites for hydroxylation is 1. The number of hydrogen-bond acceptors (Lipinski definition) is 3. The molecule has 21 heavy (non-hydrogen) atoms. The zero-order valence-electron chi connectivity index (χ0n) is 11.0. The van der Waals surface area contributed by atoms with E-state index < -0.39 is 17.5 Å². The first-order chi connectivity index (χ1) is 9.97. The number of rotatable bonds is 1. The molecule has 0 unspecified atom stereocenters. The molecule has 1 heterocycles. The third-order valence-electron chi connectivity index (χ3n) is 3.20. The molecule has 0 aliphatic carbocycles. The Balaban J connectivity index is 2.27. The summed E-state index contributed by atoms with van der Waals surface area (Å²) in [4.78, 5) is 8.29. The van der Waals surface area contributed by atoms with E-state index in [1.807, 2.05) is 13.0 Å². The summed E-state index contributed by atoms with van der Waals surface area (Å²) in [5, 5.41) is 0.685. The van der Waals surface area contributed by atoms with Gasteiger partial charge in [-0.25, -0.2) is 23.1 Å². The summed E-state index contributed by atoms with van der Waals surface area (Å²) >= 11 is 0. The second kappa shape index (κ2) is 4.73. The van der Waals surface area contributed by atoms with Crippen LogP contribution >= 0.6 is 0 Å². The van der Waals surface area contributed by atoms with E-state index >= 15 is 0 Å². The molecule has 0 amide bonds. The van der Waals surface area contributed by atoms with Crippen molar-refractivity contribution in [3.05, 3.63) is 53.3 Å². The average Bonchev–Trinajstić information content (AvgIpc) is 2.44. The van der Waals surface area contributed by atoms with Gasteiger partial charge in [-0.15, -0.1) is 0 Å². The third-order valence-corrected chi connectivity index (χ3v) is 3.20. The highest BCUT2D eigenvalue weighted by Crippen LogP contribution is 2.27. The van der Waals surface area contributed by atoms with E-state index in [9.17, 15) is 13.2 Å². The molecule has 0 saturated heterocycles. The predicted molar refractivity (Wildman–Crippen MR) is 74.0 cm³/mol. The van der Waals surface area contributed by atoms with Crippen LogP contribution in [0.5, 0.6) is 0 Å². The van der Waals surface area contributed by atoms with Crippen LogP contribution in [-0.2, 0) is 0 Å². The van der Waals surface area contributed by atoms with E-state index in [-0.39, 0.29) is 17.2 Å². The van der Waals surface area contributed by atoms with Gasteiger partial charge in [-0.3, -0.25) is 0 Å². The normalized spacial score (nSPS) is 11.0. The number of benzene rings is 2. The largest absolute Gasteiger partial charge is 0.383 e. The van der Waals surface area contributed by atoms with Crippen molar-refractivity contribution in [2.75, 3.05) is 5.73 Å². The lowest BCUT2D eigenvalue weighted by molar-refractivity contribution is 0.447. The molecule has 0 aliphatic rings. The van der Waals surface area contributed by atoms with Crippen molar-refractivity contribution in [2.45, 2.75) is 6.92 Å². The molecule has 0 radical (unpaired) electrons. The monoisotopic (exact) mass is 289 g/mol. The fraction of sp³-hybridized carbons (Fsp3) is 0.0667. The summed E-state index contributed by atoms with van der Waals surface area (Å²) in [6.07, 6.45) is 0. The van der Waals surface area contributed by atoms with Gasteiger partial charge in [0.25, 0.3) is 0 Å². The molecule has 3 aromatic rings. The molecule has 2 aromatic carbocycles. The SMILES string of the molecule is Cc1cccc2nc(-c3cc(F)c(F)c(F)c3)nc(N)c12. The molecular weight excluding hydrogens is 279 g/mol. The zero-order chi connectivity index (χ0) is 15.1. The van der Waals surface area contributed by atoms with Gasteiger partial charge in [-0.05, 0) is 30.7 Å². The average molecular weight is 289 g/mol. The topological polar surface area (TPSA) is 51.8 Å². The van der Waals surface area contributed by atoms with E-state index in [0.717, 1.165) is 17.7 Å². The van der Waals surface area contributed by atoms with E-state index in [0.29, 0.717) is 10.9 Å². The predicted octanol–water partition coefficient (Wildman–Crippen LogP) is 3.60. The first kappa shape index (κ1) is 13.4. The summed E-state index contributed by atoms with van der Waals surface area (Å²) in [5.41, 5.74) is 7.37. The molecule has 2 N–H and O–H groups in total. The fourth-order valence-corrected chi connectivity index (χ4v) is 2.20. The first-order valence-corrected chi connectivity index (χ1v) is 6.15. The van der Waals surface area contributed by atoms with E-state index in [4.69, 9.17) is 5.73 Å². The van der Waals surface area contributed by atoms with Gasteiger partial charge in [0, 0.05) is 10.9 Å². The molecular formula is C15H10F3N3. The molecule has 6 heteroatoms. The number of nitrogen functional groups attached to an aromatic ring is 1. The highest BCUT2D eigenvalue weighted by atomic mass is 19.2. The summed E-state index contributed by atoms with van der Waals surface area (Å²) in [6.45, 7) is 1.86. The first-order valence-electron chi connectivity index (χ1n) is 6.15. The Kier molecular flexibility index (Phi) is 3.01. The molecule has 1 aromatic heterocycles. The lowest BCUT2D eigenvalue weighted by Gasteiger charge is -2.08. The smallest absolute Gasteiger partial charge is 0.194 e. The Morgan fingerprint density at radius 2 is 1.67 bits per heavy atom. The van der Waals surface area contributed by atoms with Crippen molar-refractivity contribution in [2.24, 2.45) is 0 Å². The van der Waals surface area contributed by atoms with Crippen molar-refractivity contribution in [1.29, 1.82) is 0 Å². The Morgan fingerprint density at radius 1 is 1.00 bits per heavy atom. The van der Waals surface area contributed by atoms with Gasteiger partial charge < -0.3 is 5.73 Å². The molecule has 0 spiro atoms. The molecule has 0 saturated carbocycles. The highest BCUT2D eigenvalue weighted by molar-refractivity contribution is 5.92. The standard InChI is InChI=1S/C15H10F3N3/c1-7-3-2-4-11-12(7)14(19)21-15(20-11)8-5-9(16)13(18)10(17)6-8/h2-6H,1H3,(H2,19,20,21). The Morgan fingerprint density at radius 3 is 2.33 bits per heavy atom. The number of hydrogen-bond donors (Lipinski definition) is 1. The van der Waals surface area contributed by atoms with Crippen LogP contribution in [-0.4, -0.2) is 9.97 Å². The van der Waals surface area contributed by atoms with Crippen molar-refractivity contribution in [3.63, 3.8) is 0 Å². The van der Waals surface area contributed by atoms with Crippen molar-refractivity contribution >= 4 is 16.7 Å². The zero-order valence-corrected chi connectivity index (χ0v) is 11.0. The molecule has 0 atom stereocenters. The summed E-state index contributed by atoms with van der Waals surface area (Å²) < 4.78 is 39.6. The third kappa shape index (κ3) is 2.18. The second-order valence-corrected chi connectivity index (χ2v) is 4.66. The summed E-state index contributed by atoms with van der Waals surface area (Å²) in [5.74, 6) is -3.86. The van der Waals surface area contributed by atoms with Gasteiger partial charge in [-0.2, -0.15) is 0 Å². The lowest BCUT2D eigenvalue weighted by atomic mass is 10.1. The molecule has 0 aliphatic heterocycles. The van der Waals surface area contributed by atoms with E-state index in [1.165, 1.54) is 0 Å². The fourth-order valence-electron chi connectivity index (χ4n) is 2.20. The Labute approximate surface area is 118 Å². The summed E-state index contributed by atoms with van der Waals surface area (Å²) in [6, 6.07) is 7.06. The Bertz CT molecular complexity index is 839. The van der Waals surface area contributed by atoms with Crippen LogP contribution in [0.25, 0.3) is 22.3 Å². The molecule has 106 valence electrons. The van der Waals surface area contributed by atoms with Gasteiger partial charge in [0.05, 0.1) is 5.52 Å². The van der Waals surface area contributed by atoms with Crippen LogP contribution in [0.1, 0.15) is 5.56 Å². The van der Waals surface area contributed by atoms with Crippen LogP contribution in [0.15, 0.2) is 30.3 Å². The maximum atomic E-state index is 13.3. The van der Waals surface area contributed by atoms with E-state index in [2.05, 4.69) is 9.97 Å². The number of nitrogens with two attached hydrogens (primary N) is 1. The molecule has 0 fully saturated rings. The maximum Gasteiger partial charge on any atom is 0.194 e.